The van der Waals surface area contributed by atoms with Crippen molar-refractivity contribution >= 4 is 33.4 Å². The number of aryl methyl sites for hydroxylation is 1. The highest BCUT2D eigenvalue weighted by Gasteiger charge is 2.47. The zero-order valence-corrected chi connectivity index (χ0v) is 13.9. The van der Waals surface area contributed by atoms with Gasteiger partial charge < -0.3 is 4.90 Å². The van der Waals surface area contributed by atoms with E-state index in [-0.39, 0.29) is 23.9 Å². The highest BCUT2D eigenvalue weighted by molar-refractivity contribution is 9.10. The van der Waals surface area contributed by atoms with Gasteiger partial charge in [0, 0.05) is 16.7 Å². The molecule has 2 aliphatic heterocycles. The predicted octanol–water partition coefficient (Wildman–Crippen LogP) is 2.87. The Morgan fingerprint density at radius 1 is 1.29 bits per heavy atom. The molecule has 2 fully saturated rings. The molecular weight excluding hydrogens is 332 g/mol. The SMILES string of the molecule is CCC1C(=O)N2CCCC2C(=O)N1c1cc(Br)ccc1C. The van der Waals surface area contributed by atoms with Crippen LogP contribution in [0.5, 0.6) is 0 Å². The number of fused-ring (bicyclic) bond motifs is 1. The molecule has 2 amide bonds. The lowest BCUT2D eigenvalue weighted by atomic mass is 10.0. The zero-order valence-electron chi connectivity index (χ0n) is 12.3. The normalized spacial score (nSPS) is 25.5. The smallest absolute Gasteiger partial charge is 0.250 e. The summed E-state index contributed by atoms with van der Waals surface area (Å²) in [5.74, 6) is 0.166. The van der Waals surface area contributed by atoms with E-state index in [1.54, 1.807) is 9.80 Å². The molecule has 3 rings (SSSR count). The second-order valence-electron chi connectivity index (χ2n) is 5.75. The van der Waals surface area contributed by atoms with Gasteiger partial charge in [-0.1, -0.05) is 28.9 Å². The van der Waals surface area contributed by atoms with Gasteiger partial charge in [0.15, 0.2) is 0 Å². The molecule has 21 heavy (non-hydrogen) atoms. The summed E-state index contributed by atoms with van der Waals surface area (Å²) >= 11 is 3.46. The fraction of sp³-hybridized carbons (Fsp3) is 0.500. The minimum Gasteiger partial charge on any atom is -0.329 e. The van der Waals surface area contributed by atoms with Crippen molar-refractivity contribution in [3.8, 4) is 0 Å². The number of hydrogen-bond donors (Lipinski definition) is 0. The molecule has 0 spiro atoms. The number of carbonyl (C=O) groups is 2. The average Bonchev–Trinajstić information content (AvgIpc) is 2.95. The summed E-state index contributed by atoms with van der Waals surface area (Å²) in [6, 6.07) is 5.23. The third kappa shape index (κ3) is 2.27. The summed E-state index contributed by atoms with van der Waals surface area (Å²) in [4.78, 5) is 29.1. The Balaban J connectivity index is 2.08. The summed E-state index contributed by atoms with van der Waals surface area (Å²) in [5.41, 5.74) is 1.87. The topological polar surface area (TPSA) is 40.6 Å². The highest BCUT2D eigenvalue weighted by atomic mass is 79.9. The largest absolute Gasteiger partial charge is 0.329 e. The fourth-order valence-corrected chi connectivity index (χ4v) is 3.74. The van der Waals surface area contributed by atoms with E-state index in [9.17, 15) is 9.59 Å². The Kier molecular flexibility index (Phi) is 3.78. The summed E-state index contributed by atoms with van der Waals surface area (Å²) in [7, 11) is 0. The molecule has 2 atom stereocenters. The van der Waals surface area contributed by atoms with Crippen LogP contribution in [-0.2, 0) is 9.59 Å². The first-order valence-electron chi connectivity index (χ1n) is 7.44. The summed E-state index contributed by atoms with van der Waals surface area (Å²) in [6.45, 7) is 4.66. The van der Waals surface area contributed by atoms with Crippen LogP contribution >= 0.6 is 15.9 Å². The van der Waals surface area contributed by atoms with Crippen LogP contribution in [0.2, 0.25) is 0 Å². The van der Waals surface area contributed by atoms with Gasteiger partial charge >= 0.3 is 0 Å². The van der Waals surface area contributed by atoms with Gasteiger partial charge in [-0.2, -0.15) is 0 Å². The molecule has 0 bridgehead atoms. The van der Waals surface area contributed by atoms with Gasteiger partial charge in [-0.15, -0.1) is 0 Å². The quantitative estimate of drug-likeness (QED) is 0.822. The Hall–Kier alpha value is -1.36. The van der Waals surface area contributed by atoms with E-state index in [0.717, 1.165) is 35.1 Å². The Morgan fingerprint density at radius 2 is 2.05 bits per heavy atom. The van der Waals surface area contributed by atoms with Crippen molar-refractivity contribution in [2.24, 2.45) is 0 Å². The zero-order chi connectivity index (χ0) is 15.1. The number of rotatable bonds is 2. The molecule has 0 N–H and O–H groups in total. The molecule has 0 aromatic heterocycles. The van der Waals surface area contributed by atoms with E-state index < -0.39 is 0 Å². The van der Waals surface area contributed by atoms with Gasteiger partial charge in [0.25, 0.3) is 5.91 Å². The first kappa shape index (κ1) is 14.6. The van der Waals surface area contributed by atoms with Crippen LogP contribution in [0.1, 0.15) is 31.7 Å². The summed E-state index contributed by atoms with van der Waals surface area (Å²) in [5, 5.41) is 0. The monoisotopic (exact) mass is 350 g/mol. The minimum atomic E-state index is -0.375. The van der Waals surface area contributed by atoms with Crippen LogP contribution in [0, 0.1) is 6.92 Å². The Bertz CT molecular complexity index is 602. The molecule has 4 nitrogen and oxygen atoms in total. The second-order valence-corrected chi connectivity index (χ2v) is 6.67. The number of anilines is 1. The van der Waals surface area contributed by atoms with Crippen LogP contribution in [0.25, 0.3) is 0 Å². The van der Waals surface area contributed by atoms with Gasteiger partial charge in [0.2, 0.25) is 5.91 Å². The van der Waals surface area contributed by atoms with Crippen LogP contribution in [-0.4, -0.2) is 35.3 Å². The van der Waals surface area contributed by atoms with Gasteiger partial charge in [-0.3, -0.25) is 14.5 Å². The van der Waals surface area contributed by atoms with Crippen LogP contribution in [0.3, 0.4) is 0 Å². The van der Waals surface area contributed by atoms with Crippen molar-refractivity contribution in [3.63, 3.8) is 0 Å². The van der Waals surface area contributed by atoms with Crippen molar-refractivity contribution in [2.75, 3.05) is 11.4 Å². The van der Waals surface area contributed by atoms with Crippen molar-refractivity contribution in [1.29, 1.82) is 0 Å². The lowest BCUT2D eigenvalue weighted by molar-refractivity contribution is -0.144. The van der Waals surface area contributed by atoms with Gasteiger partial charge in [-0.25, -0.2) is 0 Å². The van der Waals surface area contributed by atoms with E-state index in [1.165, 1.54) is 0 Å². The molecule has 1 aromatic rings. The maximum Gasteiger partial charge on any atom is 0.250 e. The summed E-state index contributed by atoms with van der Waals surface area (Å²) < 4.78 is 0.923. The van der Waals surface area contributed by atoms with Crippen molar-refractivity contribution in [2.45, 2.75) is 45.2 Å². The number of amides is 2. The number of hydrogen-bond acceptors (Lipinski definition) is 2. The average molecular weight is 351 g/mol. The molecule has 1 aromatic carbocycles. The summed E-state index contributed by atoms with van der Waals surface area (Å²) in [6.07, 6.45) is 2.34. The number of benzene rings is 1. The van der Waals surface area contributed by atoms with Crippen molar-refractivity contribution in [1.82, 2.24) is 4.90 Å². The lowest BCUT2D eigenvalue weighted by Crippen LogP contribution is -2.63. The molecule has 2 aliphatic rings. The van der Waals surface area contributed by atoms with E-state index in [4.69, 9.17) is 0 Å². The van der Waals surface area contributed by atoms with E-state index >= 15 is 0 Å². The molecule has 2 heterocycles. The van der Waals surface area contributed by atoms with Crippen molar-refractivity contribution < 1.29 is 9.59 Å². The van der Waals surface area contributed by atoms with Crippen molar-refractivity contribution in [3.05, 3.63) is 28.2 Å². The molecular formula is C16H19BrN2O2. The lowest BCUT2D eigenvalue weighted by Gasteiger charge is -2.42. The minimum absolute atomic E-state index is 0.0696. The molecule has 0 saturated carbocycles. The van der Waals surface area contributed by atoms with E-state index in [2.05, 4.69) is 15.9 Å². The predicted molar refractivity (Wildman–Crippen MR) is 85.2 cm³/mol. The highest BCUT2D eigenvalue weighted by Crippen LogP contribution is 2.34. The molecule has 5 heteroatoms. The van der Waals surface area contributed by atoms with E-state index in [1.807, 2.05) is 32.0 Å². The Morgan fingerprint density at radius 3 is 2.76 bits per heavy atom. The second kappa shape index (κ2) is 5.44. The number of carbonyl (C=O) groups excluding carboxylic acids is 2. The van der Waals surface area contributed by atoms with Crippen LogP contribution < -0.4 is 4.90 Å². The Labute approximate surface area is 133 Å². The molecule has 0 aliphatic carbocycles. The van der Waals surface area contributed by atoms with Gasteiger partial charge in [0.1, 0.15) is 12.1 Å². The third-order valence-electron chi connectivity index (χ3n) is 4.47. The number of halogens is 1. The van der Waals surface area contributed by atoms with E-state index in [0.29, 0.717) is 6.42 Å². The molecule has 112 valence electrons. The first-order chi connectivity index (χ1) is 10.0. The first-order valence-corrected chi connectivity index (χ1v) is 8.23. The molecule has 2 unspecified atom stereocenters. The standard InChI is InChI=1S/C16H19BrN2O2/c1-3-12-15(20)18-8-4-5-13(18)16(21)19(12)14-9-11(17)7-6-10(14)2/h6-7,9,12-13H,3-5,8H2,1-2H3. The number of piperazine rings is 1. The number of nitrogens with zero attached hydrogens (tertiary/aromatic N) is 2. The maximum atomic E-state index is 12.9. The van der Waals surface area contributed by atoms with Crippen LogP contribution in [0.4, 0.5) is 5.69 Å². The maximum absolute atomic E-state index is 12.9. The third-order valence-corrected chi connectivity index (χ3v) is 4.97. The van der Waals surface area contributed by atoms with Crippen LogP contribution in [0.15, 0.2) is 22.7 Å². The molecule has 2 saturated heterocycles. The van der Waals surface area contributed by atoms with Gasteiger partial charge in [-0.05, 0) is 43.9 Å². The molecule has 0 radical (unpaired) electrons. The fourth-order valence-electron chi connectivity index (χ4n) is 3.39. The van der Waals surface area contributed by atoms with Gasteiger partial charge in [0.05, 0.1) is 0 Å².